The molecule has 1 aliphatic carbocycles. The van der Waals surface area contributed by atoms with E-state index < -0.39 is 0 Å². The molecule has 1 fully saturated rings. The molecule has 2 rings (SSSR count). The van der Waals surface area contributed by atoms with Gasteiger partial charge >= 0.3 is 6.03 Å². The van der Waals surface area contributed by atoms with Crippen LogP contribution >= 0.6 is 0 Å². The maximum Gasteiger partial charge on any atom is 0.319 e. The molecule has 0 saturated heterocycles. The fourth-order valence-corrected chi connectivity index (χ4v) is 2.45. The highest BCUT2D eigenvalue weighted by Gasteiger charge is 2.15. The van der Waals surface area contributed by atoms with Crippen molar-refractivity contribution in [1.29, 1.82) is 0 Å². The summed E-state index contributed by atoms with van der Waals surface area (Å²) in [6, 6.07) is 4.26. The third kappa shape index (κ3) is 4.72. The van der Waals surface area contributed by atoms with Gasteiger partial charge in [0.05, 0.1) is 11.9 Å². The fraction of sp³-hybridized carbons (Fsp3) is 0.600. The zero-order valence-electron chi connectivity index (χ0n) is 12.3. The fourth-order valence-electron chi connectivity index (χ4n) is 2.45. The monoisotopic (exact) mass is 276 g/mol. The minimum atomic E-state index is -0.136. The summed E-state index contributed by atoms with van der Waals surface area (Å²) < 4.78 is 0. The number of hydrogen-bond donors (Lipinski definition) is 3. The zero-order chi connectivity index (χ0) is 14.4. The smallest absolute Gasteiger partial charge is 0.319 e. The predicted octanol–water partition coefficient (Wildman–Crippen LogP) is 3.36. The molecule has 2 amide bonds. The quantitative estimate of drug-likeness (QED) is 0.790. The van der Waals surface area contributed by atoms with Crippen molar-refractivity contribution in [3.8, 4) is 0 Å². The third-order valence-corrected chi connectivity index (χ3v) is 3.40. The Morgan fingerprint density at radius 3 is 2.60 bits per heavy atom. The van der Waals surface area contributed by atoms with Crippen LogP contribution < -0.4 is 16.0 Å². The summed E-state index contributed by atoms with van der Waals surface area (Å²) in [7, 11) is 0. The highest BCUT2D eigenvalue weighted by atomic mass is 16.2. The van der Waals surface area contributed by atoms with E-state index in [1.165, 1.54) is 19.3 Å². The number of rotatable bonds is 4. The lowest BCUT2D eigenvalue weighted by Crippen LogP contribution is -2.39. The van der Waals surface area contributed by atoms with E-state index in [2.05, 4.69) is 34.8 Å². The van der Waals surface area contributed by atoms with Gasteiger partial charge in [-0.25, -0.2) is 9.78 Å². The Balaban J connectivity index is 1.81. The molecule has 5 nitrogen and oxygen atoms in total. The first kappa shape index (κ1) is 14.6. The van der Waals surface area contributed by atoms with Gasteiger partial charge in [0.2, 0.25) is 0 Å². The lowest BCUT2D eigenvalue weighted by atomic mass is 9.96. The van der Waals surface area contributed by atoms with E-state index in [0.717, 1.165) is 18.7 Å². The number of carbonyl (C=O) groups is 1. The Labute approximate surface area is 120 Å². The topological polar surface area (TPSA) is 66.0 Å². The van der Waals surface area contributed by atoms with Gasteiger partial charge in [-0.05, 0) is 38.8 Å². The number of pyridine rings is 1. The number of amides is 2. The summed E-state index contributed by atoms with van der Waals surface area (Å²) in [5, 5.41) is 9.06. The lowest BCUT2D eigenvalue weighted by molar-refractivity contribution is 0.244. The van der Waals surface area contributed by atoms with Gasteiger partial charge in [0.15, 0.2) is 0 Å². The third-order valence-electron chi connectivity index (χ3n) is 3.40. The maximum atomic E-state index is 11.9. The molecule has 0 aromatic carbocycles. The molecule has 0 aliphatic heterocycles. The summed E-state index contributed by atoms with van der Waals surface area (Å²) in [4.78, 5) is 16.1. The van der Waals surface area contributed by atoms with Crippen LogP contribution in [0.3, 0.4) is 0 Å². The molecule has 1 aliphatic rings. The summed E-state index contributed by atoms with van der Waals surface area (Å²) in [5.74, 6) is 0.818. The average Bonchev–Trinajstić information content (AvgIpc) is 2.41. The molecule has 0 atom stereocenters. The predicted molar refractivity (Wildman–Crippen MR) is 82.0 cm³/mol. The zero-order valence-corrected chi connectivity index (χ0v) is 12.3. The summed E-state index contributed by atoms with van der Waals surface area (Å²) in [6.45, 7) is 4.12. The molecule has 1 aromatic rings. The van der Waals surface area contributed by atoms with Crippen LogP contribution in [0.4, 0.5) is 16.3 Å². The van der Waals surface area contributed by atoms with Crippen molar-refractivity contribution >= 4 is 17.5 Å². The van der Waals surface area contributed by atoms with E-state index in [1.807, 2.05) is 12.1 Å². The minimum absolute atomic E-state index is 0.136. The standard InChI is InChI=1S/C15H24N4O/c1-11(2)17-14-9-8-13(10-16-14)19-15(20)18-12-6-4-3-5-7-12/h8-12H,3-7H2,1-2H3,(H,16,17)(H2,18,19,20). The maximum absolute atomic E-state index is 11.9. The molecule has 110 valence electrons. The van der Waals surface area contributed by atoms with E-state index in [9.17, 15) is 4.79 Å². The largest absolute Gasteiger partial charge is 0.368 e. The molecule has 0 unspecified atom stereocenters. The van der Waals surface area contributed by atoms with E-state index >= 15 is 0 Å². The summed E-state index contributed by atoms with van der Waals surface area (Å²) in [5.41, 5.74) is 0.715. The Hall–Kier alpha value is -1.78. The van der Waals surface area contributed by atoms with Gasteiger partial charge in [-0.2, -0.15) is 0 Å². The molecule has 3 N–H and O–H groups in total. The number of urea groups is 1. The molecule has 1 aromatic heterocycles. The molecular formula is C15H24N4O. The number of carbonyl (C=O) groups excluding carboxylic acids is 1. The van der Waals surface area contributed by atoms with Gasteiger partial charge in [-0.3, -0.25) is 0 Å². The summed E-state index contributed by atoms with van der Waals surface area (Å²) >= 11 is 0. The van der Waals surface area contributed by atoms with E-state index in [1.54, 1.807) is 6.20 Å². The number of nitrogens with zero attached hydrogens (tertiary/aromatic N) is 1. The first-order valence-corrected chi connectivity index (χ1v) is 7.43. The van der Waals surface area contributed by atoms with Crippen LogP contribution in [0.1, 0.15) is 46.0 Å². The van der Waals surface area contributed by atoms with E-state index in [0.29, 0.717) is 17.8 Å². The lowest BCUT2D eigenvalue weighted by Gasteiger charge is -2.22. The average molecular weight is 276 g/mol. The Morgan fingerprint density at radius 1 is 1.25 bits per heavy atom. The molecule has 1 saturated carbocycles. The van der Waals surface area contributed by atoms with Gasteiger partial charge in [-0.1, -0.05) is 19.3 Å². The molecule has 20 heavy (non-hydrogen) atoms. The van der Waals surface area contributed by atoms with Gasteiger partial charge < -0.3 is 16.0 Å². The van der Waals surface area contributed by atoms with Crippen molar-refractivity contribution in [3.05, 3.63) is 18.3 Å². The Bertz CT molecular complexity index is 424. The molecule has 0 bridgehead atoms. The Kier molecular flexibility index (Phi) is 5.21. The van der Waals surface area contributed by atoms with Gasteiger partial charge in [0, 0.05) is 12.1 Å². The highest BCUT2D eigenvalue weighted by Crippen LogP contribution is 2.17. The molecular weight excluding hydrogens is 252 g/mol. The highest BCUT2D eigenvalue weighted by molar-refractivity contribution is 5.89. The van der Waals surface area contributed by atoms with Crippen LogP contribution in [0.25, 0.3) is 0 Å². The van der Waals surface area contributed by atoms with E-state index in [-0.39, 0.29) is 6.03 Å². The second-order valence-corrected chi connectivity index (χ2v) is 5.66. The van der Waals surface area contributed by atoms with Crippen LogP contribution in [0.2, 0.25) is 0 Å². The number of anilines is 2. The van der Waals surface area contributed by atoms with Crippen molar-refractivity contribution in [2.45, 2.75) is 58.0 Å². The molecule has 5 heteroatoms. The van der Waals surface area contributed by atoms with Crippen LogP contribution in [0.5, 0.6) is 0 Å². The SMILES string of the molecule is CC(C)Nc1ccc(NC(=O)NC2CCCCC2)cn1. The van der Waals surface area contributed by atoms with Crippen molar-refractivity contribution in [2.24, 2.45) is 0 Å². The van der Waals surface area contributed by atoms with Crippen molar-refractivity contribution in [3.63, 3.8) is 0 Å². The van der Waals surface area contributed by atoms with Gasteiger partial charge in [0.25, 0.3) is 0 Å². The van der Waals surface area contributed by atoms with Crippen LogP contribution in [-0.4, -0.2) is 23.1 Å². The Morgan fingerprint density at radius 2 is 2.00 bits per heavy atom. The summed E-state index contributed by atoms with van der Waals surface area (Å²) in [6.07, 6.45) is 7.55. The minimum Gasteiger partial charge on any atom is -0.368 e. The molecule has 0 spiro atoms. The number of hydrogen-bond acceptors (Lipinski definition) is 3. The normalized spacial score (nSPS) is 15.9. The van der Waals surface area contributed by atoms with Gasteiger partial charge in [0.1, 0.15) is 5.82 Å². The second-order valence-electron chi connectivity index (χ2n) is 5.66. The number of nitrogens with one attached hydrogen (secondary N) is 3. The van der Waals surface area contributed by atoms with E-state index in [4.69, 9.17) is 0 Å². The first-order chi connectivity index (χ1) is 9.63. The van der Waals surface area contributed by atoms with Gasteiger partial charge in [-0.15, -0.1) is 0 Å². The molecule has 1 heterocycles. The second kappa shape index (κ2) is 7.12. The van der Waals surface area contributed by atoms with Crippen molar-refractivity contribution in [1.82, 2.24) is 10.3 Å². The number of aromatic nitrogens is 1. The van der Waals surface area contributed by atoms with Crippen molar-refractivity contribution < 1.29 is 4.79 Å². The molecule has 0 radical (unpaired) electrons. The van der Waals surface area contributed by atoms with Crippen LogP contribution in [0, 0.1) is 0 Å². The van der Waals surface area contributed by atoms with Crippen LogP contribution in [0.15, 0.2) is 18.3 Å². The van der Waals surface area contributed by atoms with Crippen molar-refractivity contribution in [2.75, 3.05) is 10.6 Å². The van der Waals surface area contributed by atoms with Crippen LogP contribution in [-0.2, 0) is 0 Å². The first-order valence-electron chi connectivity index (χ1n) is 7.43.